The highest BCUT2D eigenvalue weighted by atomic mass is 32.2. The summed E-state index contributed by atoms with van der Waals surface area (Å²) in [6.45, 7) is 3.99. The number of aryl methyl sites for hydroxylation is 2. The zero-order valence-corrected chi connectivity index (χ0v) is 28.6. The Kier molecular flexibility index (Phi) is 11.5. The molecule has 0 saturated carbocycles. The summed E-state index contributed by atoms with van der Waals surface area (Å²) in [5, 5.41) is 34.0. The van der Waals surface area contributed by atoms with Gasteiger partial charge in [-0.25, -0.2) is 13.2 Å². The summed E-state index contributed by atoms with van der Waals surface area (Å²) in [7, 11) is -4.26. The number of amides is 1. The molecule has 9 N–H and O–H groups in total. The standard InChI is InChI=1S/C33H40N8O6S2/c1-20-22(19-38-40-20)7-4-12-36-18-23-6-2-3-8-25(23)24-16-21-10-14-47-29(21)28(17-24)49(45,46)41-26-11-15-48-30(26)31(42)39-27(32(43)44)9-5-13-37-33(34)35/h2-3,6,8,11,15-17,19,27,36,41H,4-5,7,9-10,12-14,18H2,1H3,(H,38,40)(H,39,42)(H,43,44)(H4,34,35,37)/t27-/m0/s1. The topological polar surface area (TPSA) is 224 Å². The minimum absolute atomic E-state index is 0.0183. The predicted octanol–water partition coefficient (Wildman–Crippen LogP) is 3.35. The van der Waals surface area contributed by atoms with Gasteiger partial charge in [0.1, 0.15) is 21.6 Å². The third-order valence-corrected chi connectivity index (χ3v) is 10.4. The highest BCUT2D eigenvalue weighted by molar-refractivity contribution is 7.92. The lowest BCUT2D eigenvalue weighted by molar-refractivity contribution is -0.139. The maximum atomic E-state index is 14.0. The molecule has 0 spiro atoms. The van der Waals surface area contributed by atoms with Crippen molar-refractivity contribution < 1.29 is 27.9 Å². The second kappa shape index (κ2) is 16.0. The van der Waals surface area contributed by atoms with Crippen LogP contribution in [0, 0.1) is 12.3 Å². The lowest BCUT2D eigenvalue weighted by atomic mass is 9.97. The van der Waals surface area contributed by atoms with Crippen LogP contribution in [0.25, 0.3) is 11.1 Å². The monoisotopic (exact) mass is 708 g/mol. The molecule has 1 aliphatic heterocycles. The van der Waals surface area contributed by atoms with Crippen LogP contribution in [-0.2, 0) is 34.2 Å². The highest BCUT2D eigenvalue weighted by Gasteiger charge is 2.30. The number of hydrogen-bond acceptors (Lipinski definition) is 9. The first kappa shape index (κ1) is 35.4. The first-order valence-corrected chi connectivity index (χ1v) is 18.2. The van der Waals surface area contributed by atoms with Crippen molar-refractivity contribution in [2.24, 2.45) is 5.73 Å². The second-order valence-corrected chi connectivity index (χ2v) is 14.2. The summed E-state index contributed by atoms with van der Waals surface area (Å²) in [6.07, 6.45) is 4.64. The van der Waals surface area contributed by atoms with Gasteiger partial charge in [0.25, 0.3) is 15.9 Å². The molecule has 1 aliphatic rings. The molecule has 0 bridgehead atoms. The van der Waals surface area contributed by atoms with E-state index >= 15 is 0 Å². The Balaban J connectivity index is 1.32. The first-order chi connectivity index (χ1) is 23.5. The van der Waals surface area contributed by atoms with Gasteiger partial charge in [-0.1, -0.05) is 24.3 Å². The van der Waals surface area contributed by atoms with Crippen molar-refractivity contribution >= 4 is 44.9 Å². The summed E-state index contributed by atoms with van der Waals surface area (Å²) in [6, 6.07) is 11.6. The Morgan fingerprint density at radius 1 is 1.16 bits per heavy atom. The third kappa shape index (κ3) is 8.95. The van der Waals surface area contributed by atoms with Gasteiger partial charge in [0, 0.05) is 25.2 Å². The van der Waals surface area contributed by atoms with Gasteiger partial charge < -0.3 is 31.5 Å². The number of guanidine groups is 1. The number of carbonyl (C=O) groups excluding carboxylic acids is 1. The zero-order valence-electron chi connectivity index (χ0n) is 27.0. The minimum atomic E-state index is -4.26. The third-order valence-electron chi connectivity index (χ3n) is 8.12. The number of thiophene rings is 1. The molecule has 0 fully saturated rings. The summed E-state index contributed by atoms with van der Waals surface area (Å²) in [5.41, 5.74) is 10.9. The van der Waals surface area contributed by atoms with E-state index in [1.165, 1.54) is 11.6 Å². The number of rotatable bonds is 17. The minimum Gasteiger partial charge on any atom is -0.492 e. The number of aliphatic carboxylic acids is 1. The molecule has 1 amide bonds. The van der Waals surface area contributed by atoms with E-state index in [2.05, 4.69) is 30.9 Å². The van der Waals surface area contributed by atoms with Crippen LogP contribution in [0.4, 0.5) is 5.69 Å². The van der Waals surface area contributed by atoms with Crippen molar-refractivity contribution in [2.75, 3.05) is 24.4 Å². The lowest BCUT2D eigenvalue weighted by Crippen LogP contribution is -2.41. The van der Waals surface area contributed by atoms with Crippen LogP contribution in [-0.4, -0.2) is 67.3 Å². The van der Waals surface area contributed by atoms with Gasteiger partial charge in [-0.3, -0.25) is 20.0 Å². The summed E-state index contributed by atoms with van der Waals surface area (Å²) in [4.78, 5) is 25.0. The molecular formula is C33H40N8O6S2. The summed E-state index contributed by atoms with van der Waals surface area (Å²) in [5.74, 6) is -1.93. The van der Waals surface area contributed by atoms with E-state index in [9.17, 15) is 23.1 Å². The number of sulfonamides is 1. The van der Waals surface area contributed by atoms with Crippen molar-refractivity contribution in [3.05, 3.63) is 81.3 Å². The van der Waals surface area contributed by atoms with Crippen molar-refractivity contribution in [1.82, 2.24) is 26.1 Å². The fourth-order valence-corrected chi connectivity index (χ4v) is 7.72. The van der Waals surface area contributed by atoms with Crippen molar-refractivity contribution in [3.63, 3.8) is 0 Å². The molecule has 2 aromatic heterocycles. The number of hydrogen-bond donors (Lipinski definition) is 8. The SMILES string of the molecule is Cc1[nH]ncc1CCCNCc1ccccc1-c1cc2c(c(S(=O)(=O)Nc3ccsc3C(=O)N[C@@H](CCCNC(=N)N)C(=O)O)c1)OCC2. The smallest absolute Gasteiger partial charge is 0.326 e. The zero-order chi connectivity index (χ0) is 35.0. The van der Waals surface area contributed by atoms with Gasteiger partial charge in [-0.15, -0.1) is 11.3 Å². The van der Waals surface area contributed by atoms with E-state index in [1.54, 1.807) is 11.4 Å². The molecule has 3 heterocycles. The quantitative estimate of drug-likeness (QED) is 0.0454. The fraction of sp³-hybridized carbons (Fsp3) is 0.333. The second-order valence-electron chi connectivity index (χ2n) is 11.6. The molecule has 0 radical (unpaired) electrons. The number of carboxylic acid groups (broad SMARTS) is 1. The van der Waals surface area contributed by atoms with Gasteiger partial charge in [0.05, 0.1) is 18.5 Å². The number of nitrogens with one attached hydrogen (secondary N) is 6. The lowest BCUT2D eigenvalue weighted by Gasteiger charge is -2.17. The van der Waals surface area contributed by atoms with Gasteiger partial charge in [0.15, 0.2) is 5.96 Å². The van der Waals surface area contributed by atoms with Crippen LogP contribution in [0.5, 0.6) is 5.75 Å². The largest absolute Gasteiger partial charge is 0.492 e. The molecule has 4 aromatic rings. The van der Waals surface area contributed by atoms with Gasteiger partial charge >= 0.3 is 5.97 Å². The normalized spacial score (nSPS) is 12.9. The van der Waals surface area contributed by atoms with Crippen molar-refractivity contribution in [2.45, 2.75) is 56.5 Å². The Hall–Kier alpha value is -4.93. The van der Waals surface area contributed by atoms with E-state index in [0.717, 1.165) is 58.7 Å². The molecule has 16 heteroatoms. The number of H-pyrrole nitrogens is 1. The molecule has 2 aromatic carbocycles. The molecule has 0 aliphatic carbocycles. The molecule has 5 rings (SSSR count). The average Bonchev–Trinajstić information content (AvgIpc) is 3.83. The van der Waals surface area contributed by atoms with Crippen LogP contribution < -0.4 is 31.1 Å². The Morgan fingerprint density at radius 3 is 2.73 bits per heavy atom. The highest BCUT2D eigenvalue weighted by Crippen LogP contribution is 2.39. The summed E-state index contributed by atoms with van der Waals surface area (Å²) < 4.78 is 36.3. The molecule has 1 atom stereocenters. The number of benzene rings is 2. The van der Waals surface area contributed by atoms with Gasteiger partial charge in [-0.05, 0) is 90.5 Å². The van der Waals surface area contributed by atoms with E-state index in [1.807, 2.05) is 43.5 Å². The number of aromatic nitrogens is 2. The number of ether oxygens (including phenoxy) is 1. The molecule has 14 nitrogen and oxygen atoms in total. The predicted molar refractivity (Wildman–Crippen MR) is 188 cm³/mol. The number of nitrogens with zero attached hydrogens (tertiary/aromatic N) is 1. The van der Waals surface area contributed by atoms with E-state index in [0.29, 0.717) is 26.0 Å². The number of carbonyl (C=O) groups is 2. The van der Waals surface area contributed by atoms with Crippen LogP contribution in [0.3, 0.4) is 0 Å². The van der Waals surface area contributed by atoms with Crippen LogP contribution >= 0.6 is 11.3 Å². The number of anilines is 1. The Labute approximate surface area is 288 Å². The van der Waals surface area contributed by atoms with Crippen molar-refractivity contribution in [3.8, 4) is 16.9 Å². The summed E-state index contributed by atoms with van der Waals surface area (Å²) >= 11 is 0.986. The number of fused-ring (bicyclic) bond motifs is 1. The fourth-order valence-electron chi connectivity index (χ4n) is 5.61. The average molecular weight is 709 g/mol. The first-order valence-electron chi connectivity index (χ1n) is 15.8. The maximum Gasteiger partial charge on any atom is 0.326 e. The van der Waals surface area contributed by atoms with Crippen LogP contribution in [0.1, 0.15) is 51.3 Å². The van der Waals surface area contributed by atoms with Crippen molar-refractivity contribution in [1.29, 1.82) is 5.41 Å². The van der Waals surface area contributed by atoms with Crippen LogP contribution in [0.2, 0.25) is 0 Å². The van der Waals surface area contributed by atoms with E-state index in [-0.39, 0.29) is 40.1 Å². The molecule has 0 unspecified atom stereocenters. The van der Waals surface area contributed by atoms with Crippen LogP contribution in [0.15, 0.2) is 58.9 Å². The number of nitrogens with two attached hydrogens (primary N) is 1. The molecule has 0 saturated heterocycles. The molecule has 49 heavy (non-hydrogen) atoms. The Bertz CT molecular complexity index is 1920. The van der Waals surface area contributed by atoms with E-state index in [4.69, 9.17) is 15.9 Å². The van der Waals surface area contributed by atoms with Gasteiger partial charge in [-0.2, -0.15) is 5.10 Å². The van der Waals surface area contributed by atoms with Gasteiger partial charge in [0.2, 0.25) is 0 Å². The molecule has 260 valence electrons. The number of carboxylic acids is 1. The number of aromatic amines is 1. The van der Waals surface area contributed by atoms with E-state index < -0.39 is 27.9 Å². The maximum absolute atomic E-state index is 14.0. The molecular weight excluding hydrogens is 669 g/mol. The Morgan fingerprint density at radius 2 is 1.98 bits per heavy atom.